The normalized spacial score (nSPS) is 9.52. The van der Waals surface area contributed by atoms with E-state index in [2.05, 4.69) is 32.0 Å². The Balaban J connectivity index is 0.00000155. The molecule has 1 radical (unpaired) electrons. The van der Waals surface area contributed by atoms with Gasteiger partial charge in [0, 0.05) is 44.5 Å². The maximum absolute atomic E-state index is 11.6. The van der Waals surface area contributed by atoms with Crippen LogP contribution in [-0.2, 0) is 43.9 Å². The van der Waals surface area contributed by atoms with Crippen LogP contribution >= 0.6 is 0 Å². The number of benzene rings is 2. The third-order valence-electron chi connectivity index (χ3n) is 2.84. The van der Waals surface area contributed by atoms with E-state index in [9.17, 15) is 4.79 Å². The van der Waals surface area contributed by atoms with E-state index in [1.807, 2.05) is 12.1 Å². The molecular weight excluding hydrogens is 361 g/mol. The second-order valence-electron chi connectivity index (χ2n) is 4.48. The summed E-state index contributed by atoms with van der Waals surface area (Å²) in [5.41, 5.74) is 2.30. The van der Waals surface area contributed by atoms with Crippen molar-refractivity contribution in [1.29, 1.82) is 0 Å². The van der Waals surface area contributed by atoms with E-state index in [0.29, 0.717) is 5.75 Å². The topological polar surface area (TPSA) is 26.3 Å². The number of aryl methyl sites for hydroxylation is 1. The van der Waals surface area contributed by atoms with Crippen molar-refractivity contribution in [3.05, 3.63) is 78.7 Å². The number of carbonyl (C=O) groups is 1. The van der Waals surface area contributed by atoms with Crippen LogP contribution in [0.15, 0.2) is 54.6 Å². The molecule has 0 aliphatic rings. The molecule has 0 bridgehead atoms. The van der Waals surface area contributed by atoms with Gasteiger partial charge in [-0.2, -0.15) is 25.1 Å². The van der Waals surface area contributed by atoms with Crippen molar-refractivity contribution in [2.45, 2.75) is 26.7 Å². The van der Waals surface area contributed by atoms with Gasteiger partial charge in [0.15, 0.2) is 0 Å². The van der Waals surface area contributed by atoms with Crippen molar-refractivity contribution < 1.29 is 42.2 Å². The van der Waals surface area contributed by atoms with Gasteiger partial charge in [-0.15, -0.1) is 12.1 Å². The number of hydrogen-bond acceptors (Lipinski definition) is 2. The third kappa shape index (κ3) is 8.83. The van der Waals surface area contributed by atoms with Crippen LogP contribution in [0.5, 0.6) is 5.75 Å². The van der Waals surface area contributed by atoms with Crippen molar-refractivity contribution in [2.75, 3.05) is 0 Å². The summed E-state index contributed by atoms with van der Waals surface area (Å²) in [5, 5.41) is 0. The van der Waals surface area contributed by atoms with Gasteiger partial charge in [0.2, 0.25) is 0 Å². The first-order valence-electron chi connectivity index (χ1n) is 7.43. The first-order valence-corrected chi connectivity index (χ1v) is 7.43. The predicted octanol–water partition coefficient (Wildman–Crippen LogP) is 4.90. The van der Waals surface area contributed by atoms with Gasteiger partial charge in [-0.3, -0.25) is 0 Å². The average Bonchev–Trinajstić information content (AvgIpc) is 2.57. The maximum atomic E-state index is 11.6. The quantitative estimate of drug-likeness (QED) is 0.318. The molecule has 3 heteroatoms. The fourth-order valence-corrected chi connectivity index (χ4v) is 1.84. The molecule has 2 rings (SSSR count). The van der Waals surface area contributed by atoms with Crippen LogP contribution in [0.1, 0.15) is 31.4 Å². The second-order valence-corrected chi connectivity index (χ2v) is 4.48. The number of hydrogen-bond donors (Lipinski definition) is 0. The minimum atomic E-state index is -0.381. The standard InChI is InChI=1S/C18H17O2.C2H5.Y/c1-2-6-15-9-11-16(12-10-15)13-14-18(19)20-17-7-4-3-5-8-17;1-2;/h4-5,7-14H,2,6H2,1H3;1H2,2H3;/q2*-1;/b14-13+;;. The molecule has 0 unspecified atom stereocenters. The summed E-state index contributed by atoms with van der Waals surface area (Å²) >= 11 is 0. The summed E-state index contributed by atoms with van der Waals surface area (Å²) < 4.78 is 5.15. The third-order valence-corrected chi connectivity index (χ3v) is 2.84. The number of carbonyl (C=O) groups excluding carboxylic acids is 1. The fourth-order valence-electron chi connectivity index (χ4n) is 1.84. The Kier molecular flexibility index (Phi) is 12.5. The summed E-state index contributed by atoms with van der Waals surface area (Å²) in [6.45, 7) is 7.16. The molecule has 0 atom stereocenters. The van der Waals surface area contributed by atoms with Gasteiger partial charge in [0.05, 0.1) is 0 Å². The first kappa shape index (κ1) is 21.8. The summed E-state index contributed by atoms with van der Waals surface area (Å²) in [4.78, 5) is 11.6. The van der Waals surface area contributed by atoms with Gasteiger partial charge >= 0.3 is 5.97 Å². The molecule has 2 aromatic carbocycles. The van der Waals surface area contributed by atoms with Crippen molar-refractivity contribution in [2.24, 2.45) is 0 Å². The average molecular weight is 383 g/mol. The molecule has 23 heavy (non-hydrogen) atoms. The summed E-state index contributed by atoms with van der Waals surface area (Å²) in [6, 6.07) is 17.9. The predicted molar refractivity (Wildman–Crippen MR) is 91.4 cm³/mol. The molecule has 0 saturated heterocycles. The molecule has 0 heterocycles. The molecule has 0 amide bonds. The zero-order valence-corrected chi connectivity index (χ0v) is 16.6. The summed E-state index contributed by atoms with van der Waals surface area (Å²) in [7, 11) is 0. The Hall–Kier alpha value is -1.25. The van der Waals surface area contributed by atoms with Crippen LogP contribution in [0.3, 0.4) is 0 Å². The van der Waals surface area contributed by atoms with Crippen LogP contribution in [0.4, 0.5) is 0 Å². The van der Waals surface area contributed by atoms with E-state index in [0.717, 1.165) is 18.4 Å². The summed E-state index contributed by atoms with van der Waals surface area (Å²) in [6.07, 6.45) is 5.41. The molecule has 0 N–H and O–H groups in total. The molecule has 0 saturated carbocycles. The molecule has 119 valence electrons. The Labute approximate surface area is 164 Å². The molecule has 2 aromatic rings. The minimum absolute atomic E-state index is 0. The molecule has 0 aliphatic heterocycles. The smallest absolute Gasteiger partial charge is 0.334 e. The van der Waals surface area contributed by atoms with Gasteiger partial charge in [0.25, 0.3) is 0 Å². The largest absolute Gasteiger partial charge is 0.450 e. The monoisotopic (exact) mass is 383 g/mol. The van der Waals surface area contributed by atoms with E-state index in [1.54, 1.807) is 37.3 Å². The molecule has 2 nitrogen and oxygen atoms in total. The molecule has 0 aliphatic carbocycles. The van der Waals surface area contributed by atoms with Crippen LogP contribution in [-0.4, -0.2) is 5.97 Å². The van der Waals surface area contributed by atoms with E-state index in [-0.39, 0.29) is 38.7 Å². The molecule has 0 fully saturated rings. The zero-order valence-electron chi connectivity index (χ0n) is 13.8. The maximum Gasteiger partial charge on any atom is 0.334 e. The van der Waals surface area contributed by atoms with Crippen LogP contribution < -0.4 is 4.74 Å². The second kappa shape index (κ2) is 13.2. The Morgan fingerprint density at radius 1 is 1.13 bits per heavy atom. The van der Waals surface area contributed by atoms with E-state index in [4.69, 9.17) is 4.74 Å². The molecule has 0 aromatic heterocycles. The number of ether oxygens (including phenoxy) is 1. The first-order chi connectivity index (χ1) is 10.8. The summed E-state index contributed by atoms with van der Waals surface area (Å²) in [5.74, 6) is 0.144. The SMILES string of the molecule is CCCc1ccc(/C=C/C(=O)Oc2cc[c-]cc2)cc1.[CH2-]C.[Y]. The minimum Gasteiger partial charge on any atom is -0.450 e. The number of rotatable bonds is 5. The Morgan fingerprint density at radius 3 is 2.30 bits per heavy atom. The van der Waals surface area contributed by atoms with E-state index in [1.165, 1.54) is 11.6 Å². The van der Waals surface area contributed by atoms with Gasteiger partial charge in [0.1, 0.15) is 0 Å². The van der Waals surface area contributed by atoms with Gasteiger partial charge < -0.3 is 11.7 Å². The van der Waals surface area contributed by atoms with E-state index < -0.39 is 0 Å². The zero-order chi connectivity index (χ0) is 16.2. The van der Waals surface area contributed by atoms with Crippen LogP contribution in [0.2, 0.25) is 0 Å². The van der Waals surface area contributed by atoms with Gasteiger partial charge in [-0.05, 0) is 23.6 Å². The molecular formula is C20H22O2Y-2. The van der Waals surface area contributed by atoms with Crippen molar-refractivity contribution in [1.82, 2.24) is 0 Å². The Bertz CT molecular complexity index is 574. The van der Waals surface area contributed by atoms with Crippen LogP contribution in [0, 0.1) is 13.0 Å². The number of esters is 1. The fraction of sp³-hybridized carbons (Fsp3) is 0.200. The van der Waals surface area contributed by atoms with Crippen molar-refractivity contribution in [3.8, 4) is 5.75 Å². The Morgan fingerprint density at radius 2 is 1.74 bits per heavy atom. The van der Waals surface area contributed by atoms with Crippen molar-refractivity contribution >= 4 is 12.0 Å². The van der Waals surface area contributed by atoms with E-state index >= 15 is 0 Å². The van der Waals surface area contributed by atoms with Crippen LogP contribution in [0.25, 0.3) is 6.08 Å². The van der Waals surface area contributed by atoms with Gasteiger partial charge in [-0.25, -0.2) is 4.79 Å². The van der Waals surface area contributed by atoms with Gasteiger partial charge in [-0.1, -0.05) is 37.6 Å². The van der Waals surface area contributed by atoms with Crippen molar-refractivity contribution in [3.63, 3.8) is 0 Å². The molecule has 0 spiro atoms.